The first-order valence-corrected chi connectivity index (χ1v) is 9.17. The fourth-order valence-corrected chi connectivity index (χ4v) is 3.49. The maximum atomic E-state index is 12.5. The van der Waals surface area contributed by atoms with Crippen molar-refractivity contribution in [2.75, 3.05) is 19.7 Å². The molecule has 1 saturated heterocycles. The number of ether oxygens (including phenoxy) is 1. The van der Waals surface area contributed by atoms with Crippen LogP contribution in [-0.2, 0) is 4.79 Å². The molecule has 26 heavy (non-hydrogen) atoms. The van der Waals surface area contributed by atoms with Crippen molar-refractivity contribution in [3.05, 3.63) is 59.4 Å². The second-order valence-electron chi connectivity index (χ2n) is 6.56. The number of rotatable bonds is 4. The average Bonchev–Trinajstić information content (AvgIpc) is 3.12. The second kappa shape index (κ2) is 7.38. The number of para-hydroxylation sites is 2. The maximum Gasteiger partial charge on any atom is 0.260 e. The molecule has 134 valence electrons. The van der Waals surface area contributed by atoms with Crippen LogP contribution in [0.4, 0.5) is 0 Å². The number of amides is 1. The molecule has 2 aromatic carbocycles. The Kier molecular flexibility index (Phi) is 4.80. The van der Waals surface area contributed by atoms with Crippen molar-refractivity contribution in [1.29, 1.82) is 0 Å². The summed E-state index contributed by atoms with van der Waals surface area (Å²) in [5, 5.41) is 0.647. The Balaban J connectivity index is 1.39. The number of aromatic nitrogens is 2. The van der Waals surface area contributed by atoms with Crippen molar-refractivity contribution in [3.8, 4) is 5.75 Å². The van der Waals surface area contributed by atoms with Crippen LogP contribution in [-0.4, -0.2) is 40.5 Å². The Labute approximate surface area is 156 Å². The van der Waals surface area contributed by atoms with E-state index in [1.54, 1.807) is 24.3 Å². The minimum Gasteiger partial charge on any atom is -0.484 e. The summed E-state index contributed by atoms with van der Waals surface area (Å²) < 4.78 is 5.59. The number of hydrogen-bond donors (Lipinski definition) is 1. The zero-order chi connectivity index (χ0) is 17.9. The van der Waals surface area contributed by atoms with Crippen molar-refractivity contribution in [1.82, 2.24) is 14.9 Å². The van der Waals surface area contributed by atoms with Gasteiger partial charge in [-0.05, 0) is 49.2 Å². The van der Waals surface area contributed by atoms with E-state index < -0.39 is 0 Å². The number of aromatic amines is 1. The number of piperidine rings is 1. The molecular formula is C20H20ClN3O2. The first-order valence-electron chi connectivity index (χ1n) is 8.80. The van der Waals surface area contributed by atoms with Gasteiger partial charge in [-0.15, -0.1) is 0 Å². The zero-order valence-electron chi connectivity index (χ0n) is 14.3. The lowest BCUT2D eigenvalue weighted by atomic mass is 9.97. The first-order chi connectivity index (χ1) is 12.7. The molecule has 5 nitrogen and oxygen atoms in total. The molecule has 1 aromatic heterocycles. The maximum absolute atomic E-state index is 12.5. The number of fused-ring (bicyclic) bond motifs is 1. The van der Waals surface area contributed by atoms with Crippen LogP contribution in [0.5, 0.6) is 5.75 Å². The lowest BCUT2D eigenvalue weighted by Crippen LogP contribution is -2.41. The van der Waals surface area contributed by atoms with Crippen molar-refractivity contribution in [2.24, 2.45) is 0 Å². The van der Waals surface area contributed by atoms with E-state index in [0.717, 1.165) is 36.2 Å². The van der Waals surface area contributed by atoms with E-state index in [1.165, 1.54) is 0 Å². The van der Waals surface area contributed by atoms with E-state index in [-0.39, 0.29) is 18.4 Å². The van der Waals surface area contributed by atoms with Gasteiger partial charge in [-0.25, -0.2) is 4.98 Å². The minimum atomic E-state index is 0.000705. The number of H-pyrrole nitrogens is 1. The van der Waals surface area contributed by atoms with Crippen molar-refractivity contribution >= 4 is 28.5 Å². The number of carbonyl (C=O) groups excluding carboxylic acids is 1. The third kappa shape index (κ3) is 3.68. The number of hydrogen-bond acceptors (Lipinski definition) is 3. The van der Waals surface area contributed by atoms with E-state index in [2.05, 4.69) is 4.98 Å². The van der Waals surface area contributed by atoms with Gasteiger partial charge in [0, 0.05) is 24.0 Å². The van der Waals surface area contributed by atoms with Gasteiger partial charge in [0.25, 0.3) is 5.91 Å². The van der Waals surface area contributed by atoms with E-state index in [9.17, 15) is 4.79 Å². The minimum absolute atomic E-state index is 0.000705. The molecular weight excluding hydrogens is 350 g/mol. The summed E-state index contributed by atoms with van der Waals surface area (Å²) in [7, 11) is 0. The Morgan fingerprint density at radius 2 is 2.04 bits per heavy atom. The molecule has 4 rings (SSSR count). The van der Waals surface area contributed by atoms with Crippen LogP contribution in [0.3, 0.4) is 0 Å². The summed E-state index contributed by atoms with van der Waals surface area (Å²) in [6.45, 7) is 1.47. The largest absolute Gasteiger partial charge is 0.484 e. The highest BCUT2D eigenvalue weighted by atomic mass is 35.5. The first kappa shape index (κ1) is 16.9. The summed E-state index contributed by atoms with van der Waals surface area (Å²) in [6, 6.07) is 15.0. The molecule has 0 spiro atoms. The van der Waals surface area contributed by atoms with E-state index >= 15 is 0 Å². The van der Waals surface area contributed by atoms with Crippen molar-refractivity contribution in [3.63, 3.8) is 0 Å². The number of benzene rings is 2. The van der Waals surface area contributed by atoms with E-state index in [4.69, 9.17) is 21.3 Å². The van der Waals surface area contributed by atoms with E-state index in [1.807, 2.05) is 29.2 Å². The number of halogens is 1. The van der Waals surface area contributed by atoms with Gasteiger partial charge in [-0.3, -0.25) is 4.79 Å². The van der Waals surface area contributed by atoms with Crippen molar-refractivity contribution in [2.45, 2.75) is 18.8 Å². The predicted molar refractivity (Wildman–Crippen MR) is 102 cm³/mol. The lowest BCUT2D eigenvalue weighted by molar-refractivity contribution is -0.134. The molecule has 3 aromatic rings. The average molecular weight is 370 g/mol. The summed E-state index contributed by atoms with van der Waals surface area (Å²) in [4.78, 5) is 22.5. The fraction of sp³-hybridized carbons (Fsp3) is 0.300. The fourth-order valence-electron chi connectivity index (χ4n) is 3.36. The number of carbonyl (C=O) groups is 1. The van der Waals surface area contributed by atoms with Gasteiger partial charge in [0.15, 0.2) is 6.61 Å². The molecule has 1 amide bonds. The smallest absolute Gasteiger partial charge is 0.260 e. The summed E-state index contributed by atoms with van der Waals surface area (Å²) in [5.74, 6) is 1.84. The quantitative estimate of drug-likeness (QED) is 0.756. The Hall–Kier alpha value is -2.53. The van der Waals surface area contributed by atoms with Crippen LogP contribution < -0.4 is 4.74 Å². The van der Waals surface area contributed by atoms with Crippen LogP contribution in [0.15, 0.2) is 48.5 Å². The molecule has 1 aliphatic heterocycles. The number of nitrogens with zero attached hydrogens (tertiary/aromatic N) is 2. The molecule has 2 heterocycles. The molecule has 0 aliphatic carbocycles. The Bertz CT molecular complexity index is 874. The lowest BCUT2D eigenvalue weighted by Gasteiger charge is -2.31. The standard InChI is InChI=1S/C20H20ClN3O2/c21-15-7-9-16(10-8-15)26-13-19(25)24-11-3-4-14(12-24)20-22-17-5-1-2-6-18(17)23-20/h1-2,5-10,14H,3-4,11-13H2,(H,22,23). The van der Waals surface area contributed by atoms with Crippen LogP contribution in [0.25, 0.3) is 11.0 Å². The molecule has 0 bridgehead atoms. The van der Waals surface area contributed by atoms with Crippen LogP contribution in [0.2, 0.25) is 5.02 Å². The van der Waals surface area contributed by atoms with Crippen LogP contribution >= 0.6 is 11.6 Å². The highest BCUT2D eigenvalue weighted by Crippen LogP contribution is 2.27. The summed E-state index contributed by atoms with van der Waals surface area (Å²) >= 11 is 5.86. The number of imidazole rings is 1. The molecule has 6 heteroatoms. The molecule has 1 aliphatic rings. The van der Waals surface area contributed by atoms with Gasteiger partial charge >= 0.3 is 0 Å². The van der Waals surface area contributed by atoms with Gasteiger partial charge in [-0.2, -0.15) is 0 Å². The number of nitrogens with one attached hydrogen (secondary N) is 1. The van der Waals surface area contributed by atoms with E-state index in [0.29, 0.717) is 17.3 Å². The molecule has 1 fully saturated rings. The second-order valence-corrected chi connectivity index (χ2v) is 7.00. The molecule has 0 saturated carbocycles. The molecule has 0 radical (unpaired) electrons. The Morgan fingerprint density at radius 3 is 2.85 bits per heavy atom. The number of likely N-dealkylation sites (tertiary alicyclic amines) is 1. The monoisotopic (exact) mass is 369 g/mol. The highest BCUT2D eigenvalue weighted by molar-refractivity contribution is 6.30. The topological polar surface area (TPSA) is 58.2 Å². The van der Waals surface area contributed by atoms with Crippen LogP contribution in [0.1, 0.15) is 24.6 Å². The Morgan fingerprint density at radius 1 is 1.23 bits per heavy atom. The third-order valence-electron chi connectivity index (χ3n) is 4.74. The molecule has 1 N–H and O–H groups in total. The normalized spacial score (nSPS) is 17.4. The van der Waals surface area contributed by atoms with Crippen LogP contribution in [0, 0.1) is 0 Å². The highest BCUT2D eigenvalue weighted by Gasteiger charge is 2.27. The van der Waals surface area contributed by atoms with Gasteiger partial charge in [-0.1, -0.05) is 23.7 Å². The van der Waals surface area contributed by atoms with Crippen molar-refractivity contribution < 1.29 is 9.53 Å². The van der Waals surface area contributed by atoms with Gasteiger partial charge in [0.2, 0.25) is 0 Å². The van der Waals surface area contributed by atoms with Gasteiger partial charge in [0.1, 0.15) is 11.6 Å². The summed E-state index contributed by atoms with van der Waals surface area (Å²) in [6.07, 6.45) is 2.00. The SMILES string of the molecule is O=C(COc1ccc(Cl)cc1)N1CCCC(c2nc3ccccc3[nH]2)C1. The predicted octanol–water partition coefficient (Wildman–Crippen LogP) is 4.00. The zero-order valence-corrected chi connectivity index (χ0v) is 15.1. The summed E-state index contributed by atoms with van der Waals surface area (Å²) in [5.41, 5.74) is 2.01. The van der Waals surface area contributed by atoms with Gasteiger partial charge < -0.3 is 14.6 Å². The molecule has 1 unspecified atom stereocenters. The van der Waals surface area contributed by atoms with Gasteiger partial charge in [0.05, 0.1) is 11.0 Å². The third-order valence-corrected chi connectivity index (χ3v) is 5.00. The molecule has 1 atom stereocenters.